The van der Waals surface area contributed by atoms with Crippen molar-refractivity contribution in [2.24, 2.45) is 5.73 Å². The Hall–Kier alpha value is -3.12. The molecule has 0 fully saturated rings. The first kappa shape index (κ1) is 28.9. The summed E-state index contributed by atoms with van der Waals surface area (Å²) >= 11 is -0.0726. The van der Waals surface area contributed by atoms with E-state index in [1.54, 1.807) is 31.5 Å². The number of esters is 1. The van der Waals surface area contributed by atoms with E-state index in [0.29, 0.717) is 34.7 Å². The molecule has 12 heteroatoms. The molecule has 0 saturated carbocycles. The molecular weight excluding hydrogens is 531 g/mol. The molecule has 1 aliphatic rings. The van der Waals surface area contributed by atoms with E-state index < -0.39 is 23.1 Å². The number of thioether (sulfide) groups is 1. The van der Waals surface area contributed by atoms with Crippen LogP contribution in [0.2, 0.25) is 0 Å². The minimum atomic E-state index is -4.28. The van der Waals surface area contributed by atoms with Gasteiger partial charge < -0.3 is 20.5 Å². The predicted octanol–water partition coefficient (Wildman–Crippen LogP) is 6.43. The summed E-state index contributed by atoms with van der Waals surface area (Å²) in [4.78, 5) is 25.9. The predicted molar refractivity (Wildman–Crippen MR) is 145 cm³/mol. The fourth-order valence-corrected chi connectivity index (χ4v) is 4.94. The van der Waals surface area contributed by atoms with Gasteiger partial charge >= 0.3 is 11.5 Å². The van der Waals surface area contributed by atoms with Crippen molar-refractivity contribution in [2.75, 3.05) is 11.1 Å². The van der Waals surface area contributed by atoms with E-state index in [-0.39, 0.29) is 41.8 Å². The summed E-state index contributed by atoms with van der Waals surface area (Å²) in [5, 5.41) is 4.56. The Morgan fingerprint density at radius 1 is 1.18 bits per heavy atom. The number of fused-ring (bicyclic) bond motifs is 2. The third-order valence-corrected chi connectivity index (χ3v) is 7.78. The number of rotatable bonds is 9. The van der Waals surface area contributed by atoms with Gasteiger partial charge in [-0.25, -0.2) is 19.7 Å². The van der Waals surface area contributed by atoms with Gasteiger partial charge in [-0.3, -0.25) is 0 Å². The van der Waals surface area contributed by atoms with Gasteiger partial charge in [0.1, 0.15) is 17.7 Å². The van der Waals surface area contributed by atoms with Gasteiger partial charge in [0.2, 0.25) is 5.88 Å². The lowest BCUT2D eigenvalue weighted by atomic mass is 9.88. The molecule has 210 valence electrons. The molecule has 1 aliphatic heterocycles. The molecule has 0 saturated heterocycles. The normalized spacial score (nSPS) is 19.7. The van der Waals surface area contributed by atoms with Crippen LogP contribution in [0.5, 0.6) is 5.88 Å². The molecule has 39 heavy (non-hydrogen) atoms. The van der Waals surface area contributed by atoms with Crippen LogP contribution in [0.4, 0.5) is 24.8 Å². The number of alkyl halides is 3. The minimum absolute atomic E-state index is 0.0691. The molecule has 0 bridgehead atoms. The number of cyclic esters (lactones) is 1. The molecule has 0 amide bonds. The van der Waals surface area contributed by atoms with Gasteiger partial charge in [0.05, 0.1) is 22.7 Å². The molecule has 0 radical (unpaired) electrons. The average molecular weight is 564 g/mol. The molecule has 3 aromatic heterocycles. The Bertz CT molecular complexity index is 1370. The quantitative estimate of drug-likeness (QED) is 0.285. The SMILES string of the molecule is CC[C@@](C)(N)c1cnc(O[C@@H](C)CCSC(F)(F)F)c2cnc(Nc3ccc4c(n3)[C@@H](C)[C@H](C)OC4=O)cc12. The number of carbonyl (C=O) groups excluding carboxylic acids is 1. The Morgan fingerprint density at radius 3 is 2.62 bits per heavy atom. The van der Waals surface area contributed by atoms with Crippen LogP contribution in [-0.2, 0) is 10.3 Å². The van der Waals surface area contributed by atoms with Gasteiger partial charge in [-0.2, -0.15) is 13.2 Å². The highest BCUT2D eigenvalue weighted by Gasteiger charge is 2.32. The number of aromatic nitrogens is 3. The maximum atomic E-state index is 12.5. The first-order valence-corrected chi connectivity index (χ1v) is 13.7. The van der Waals surface area contributed by atoms with Crippen molar-refractivity contribution in [1.82, 2.24) is 15.0 Å². The number of nitrogens with one attached hydrogen (secondary N) is 1. The van der Waals surface area contributed by atoms with Crippen LogP contribution < -0.4 is 15.8 Å². The number of pyridine rings is 3. The number of halogens is 3. The van der Waals surface area contributed by atoms with Crippen LogP contribution in [0.3, 0.4) is 0 Å². The monoisotopic (exact) mass is 563 g/mol. The van der Waals surface area contributed by atoms with E-state index in [2.05, 4.69) is 20.3 Å². The number of hydrogen-bond acceptors (Lipinski definition) is 9. The van der Waals surface area contributed by atoms with Gasteiger partial charge in [-0.1, -0.05) is 25.6 Å². The number of nitrogens with two attached hydrogens (primary N) is 1. The van der Waals surface area contributed by atoms with Gasteiger partial charge in [-0.05, 0) is 62.8 Å². The number of ether oxygens (including phenoxy) is 2. The molecule has 0 spiro atoms. The zero-order valence-electron chi connectivity index (χ0n) is 22.4. The van der Waals surface area contributed by atoms with Gasteiger partial charge in [0, 0.05) is 29.6 Å². The first-order valence-electron chi connectivity index (χ1n) is 12.7. The van der Waals surface area contributed by atoms with Crippen molar-refractivity contribution in [2.45, 2.75) is 76.6 Å². The van der Waals surface area contributed by atoms with Gasteiger partial charge in [0.15, 0.2) is 0 Å². The van der Waals surface area contributed by atoms with E-state index in [1.165, 1.54) is 0 Å². The van der Waals surface area contributed by atoms with Crippen molar-refractivity contribution >= 4 is 40.1 Å². The summed E-state index contributed by atoms with van der Waals surface area (Å²) in [6, 6.07) is 5.20. The highest BCUT2D eigenvalue weighted by atomic mass is 32.2. The zero-order chi connectivity index (χ0) is 28.5. The smallest absolute Gasteiger partial charge is 0.441 e. The highest BCUT2D eigenvalue weighted by Crippen LogP contribution is 2.36. The Morgan fingerprint density at radius 2 is 1.92 bits per heavy atom. The Balaban J connectivity index is 1.65. The molecule has 0 aromatic carbocycles. The fraction of sp³-hybridized carbons (Fsp3) is 0.481. The molecule has 0 unspecified atom stereocenters. The summed E-state index contributed by atoms with van der Waals surface area (Å²) in [7, 11) is 0. The van der Waals surface area contributed by atoms with Gasteiger partial charge in [-0.15, -0.1) is 0 Å². The van der Waals surface area contributed by atoms with E-state index in [0.717, 1.165) is 10.9 Å². The summed E-state index contributed by atoms with van der Waals surface area (Å²) in [5.41, 5.74) is 3.49. The van der Waals surface area contributed by atoms with Crippen LogP contribution in [0.1, 0.15) is 75.0 Å². The van der Waals surface area contributed by atoms with Crippen LogP contribution in [0.25, 0.3) is 10.8 Å². The third-order valence-electron chi connectivity index (χ3n) is 7.02. The molecule has 4 rings (SSSR count). The zero-order valence-corrected chi connectivity index (χ0v) is 23.2. The molecule has 8 nitrogen and oxygen atoms in total. The second-order valence-corrected chi connectivity index (χ2v) is 11.2. The topological polar surface area (TPSA) is 112 Å². The molecule has 3 N–H and O–H groups in total. The summed E-state index contributed by atoms with van der Waals surface area (Å²) < 4.78 is 48.9. The second kappa shape index (κ2) is 11.2. The molecule has 0 aliphatic carbocycles. The van der Waals surface area contributed by atoms with Crippen LogP contribution >= 0.6 is 11.8 Å². The largest absolute Gasteiger partial charge is 0.474 e. The number of carbonyl (C=O) groups is 1. The van der Waals surface area contributed by atoms with Crippen molar-refractivity contribution in [3.05, 3.63) is 47.4 Å². The maximum Gasteiger partial charge on any atom is 0.441 e. The minimum Gasteiger partial charge on any atom is -0.474 e. The van der Waals surface area contributed by atoms with E-state index in [4.69, 9.17) is 15.2 Å². The summed E-state index contributed by atoms with van der Waals surface area (Å²) in [6.45, 7) is 9.38. The van der Waals surface area contributed by atoms with Crippen molar-refractivity contribution in [3.63, 3.8) is 0 Å². The number of nitrogens with zero attached hydrogens (tertiary/aromatic N) is 3. The van der Waals surface area contributed by atoms with Crippen molar-refractivity contribution < 1.29 is 27.4 Å². The van der Waals surface area contributed by atoms with E-state index in [1.807, 2.05) is 33.8 Å². The number of anilines is 2. The van der Waals surface area contributed by atoms with E-state index in [9.17, 15) is 18.0 Å². The summed E-state index contributed by atoms with van der Waals surface area (Å²) in [6.07, 6.45) is 3.30. The molecule has 4 heterocycles. The number of hydrogen-bond donors (Lipinski definition) is 2. The van der Waals surface area contributed by atoms with Crippen molar-refractivity contribution in [1.29, 1.82) is 0 Å². The van der Waals surface area contributed by atoms with Crippen LogP contribution in [0, 0.1) is 0 Å². The Kier molecular flexibility index (Phi) is 8.27. The van der Waals surface area contributed by atoms with Crippen LogP contribution in [-0.4, -0.2) is 44.4 Å². The first-order chi connectivity index (χ1) is 18.3. The molecule has 4 atom stereocenters. The fourth-order valence-electron chi connectivity index (χ4n) is 4.26. The lowest BCUT2D eigenvalue weighted by molar-refractivity contribution is -0.0328. The standard InChI is InChI=1S/C27H32F3N5O3S/c1-6-26(5,31)20-13-33-24(37-14(2)9-10-39-27(28,29)30)19-12-32-22(11-18(19)20)34-21-8-7-17-23(35-21)15(3)16(4)38-25(17)36/h7-8,11-16H,6,9-10,31H2,1-5H3,(H,32,34,35)/t14-,15-,16-,26+/m0/s1. The lowest BCUT2D eigenvalue weighted by Gasteiger charge is -2.27. The average Bonchev–Trinajstić information content (AvgIpc) is 2.86. The van der Waals surface area contributed by atoms with E-state index >= 15 is 0 Å². The van der Waals surface area contributed by atoms with Crippen molar-refractivity contribution in [3.8, 4) is 5.88 Å². The molecular formula is C27H32F3N5O3S. The molecule has 3 aromatic rings. The Labute approximate surface area is 229 Å². The lowest BCUT2D eigenvalue weighted by Crippen LogP contribution is -2.32. The van der Waals surface area contributed by atoms with Crippen LogP contribution in [0.15, 0.2) is 30.6 Å². The summed E-state index contributed by atoms with van der Waals surface area (Å²) in [5.74, 6) is 0.707. The van der Waals surface area contributed by atoms with Gasteiger partial charge in [0.25, 0.3) is 0 Å². The third kappa shape index (κ3) is 6.55. The second-order valence-electron chi connectivity index (χ2n) is 10.0. The highest BCUT2D eigenvalue weighted by molar-refractivity contribution is 8.00. The maximum absolute atomic E-state index is 12.5.